The van der Waals surface area contributed by atoms with Gasteiger partial charge in [0.15, 0.2) is 11.6 Å². The summed E-state index contributed by atoms with van der Waals surface area (Å²) in [7, 11) is 0. The standard InChI is InChI=1S/C32H24BrNO7/c1-2-5-15-6-4-9-19(28(15)36)25-18-10-11-20-26(21(18)13-22-27(25)24(35)14-23(33)29(22)37)31(39)34(30(20)38)17-8-3-7-16(12-17)32(40)41/h2-4,6-10,12,14,20-21,25-26,36H,1,5,11,13H2,(H,40,41). The van der Waals surface area contributed by atoms with Crippen molar-refractivity contribution in [2.24, 2.45) is 17.8 Å². The van der Waals surface area contributed by atoms with Gasteiger partial charge in [-0.15, -0.1) is 6.58 Å². The summed E-state index contributed by atoms with van der Waals surface area (Å²) >= 11 is 3.21. The van der Waals surface area contributed by atoms with E-state index in [1.54, 1.807) is 24.3 Å². The number of anilines is 1. The van der Waals surface area contributed by atoms with Crippen molar-refractivity contribution in [3.8, 4) is 5.75 Å². The lowest BCUT2D eigenvalue weighted by Gasteiger charge is -2.42. The molecule has 0 bridgehead atoms. The molecule has 0 spiro atoms. The molecule has 8 nitrogen and oxygen atoms in total. The quantitative estimate of drug-likeness (QED) is 0.282. The number of para-hydroxylation sites is 1. The van der Waals surface area contributed by atoms with Crippen LogP contribution in [-0.4, -0.2) is 39.6 Å². The minimum Gasteiger partial charge on any atom is -0.507 e. The number of rotatable bonds is 5. The van der Waals surface area contributed by atoms with Gasteiger partial charge in [0.05, 0.1) is 27.6 Å². The Morgan fingerprint density at radius 2 is 1.83 bits per heavy atom. The number of carboxylic acids is 1. The predicted molar refractivity (Wildman–Crippen MR) is 152 cm³/mol. The van der Waals surface area contributed by atoms with Gasteiger partial charge < -0.3 is 10.2 Å². The third-order valence-corrected chi connectivity index (χ3v) is 9.10. The minimum absolute atomic E-state index is 0.0114. The molecule has 1 saturated heterocycles. The number of phenolic OH excluding ortho intramolecular Hbond substituents is 1. The molecule has 1 heterocycles. The number of halogens is 1. The highest BCUT2D eigenvalue weighted by atomic mass is 79.9. The molecule has 1 aliphatic heterocycles. The maximum Gasteiger partial charge on any atom is 0.335 e. The Balaban J connectivity index is 1.49. The lowest BCUT2D eigenvalue weighted by atomic mass is 9.59. The smallest absolute Gasteiger partial charge is 0.335 e. The average Bonchev–Trinajstić information content (AvgIpc) is 3.21. The maximum absolute atomic E-state index is 14.0. The van der Waals surface area contributed by atoms with Crippen LogP contribution in [0.1, 0.15) is 40.2 Å². The molecule has 9 heteroatoms. The zero-order valence-electron chi connectivity index (χ0n) is 21.7. The molecule has 4 atom stereocenters. The average molecular weight is 614 g/mol. The Bertz CT molecular complexity index is 1700. The van der Waals surface area contributed by atoms with Crippen LogP contribution < -0.4 is 4.90 Å². The summed E-state index contributed by atoms with van der Waals surface area (Å²) in [4.78, 5) is 67.0. The zero-order valence-corrected chi connectivity index (χ0v) is 23.3. The maximum atomic E-state index is 14.0. The van der Waals surface area contributed by atoms with E-state index in [0.717, 1.165) is 4.90 Å². The summed E-state index contributed by atoms with van der Waals surface area (Å²) < 4.78 is 0.116. The molecule has 2 N–H and O–H groups in total. The van der Waals surface area contributed by atoms with Crippen LogP contribution in [0.25, 0.3) is 0 Å². The first-order valence-electron chi connectivity index (χ1n) is 13.2. The molecule has 0 saturated carbocycles. The number of Topliss-reactive ketones (excluding diaryl/α,β-unsaturated/α-hetero) is 1. The first-order valence-corrected chi connectivity index (χ1v) is 13.9. The third-order valence-electron chi connectivity index (χ3n) is 8.51. The Morgan fingerprint density at radius 1 is 1.07 bits per heavy atom. The van der Waals surface area contributed by atoms with Crippen LogP contribution in [0, 0.1) is 17.8 Å². The number of ketones is 2. The van der Waals surface area contributed by atoms with Crippen LogP contribution in [0.2, 0.25) is 0 Å². The van der Waals surface area contributed by atoms with Crippen molar-refractivity contribution in [3.63, 3.8) is 0 Å². The number of allylic oxidation sites excluding steroid dienone is 7. The van der Waals surface area contributed by atoms with Crippen molar-refractivity contribution >= 4 is 51.0 Å². The Kier molecular flexibility index (Phi) is 6.49. The van der Waals surface area contributed by atoms with E-state index in [1.807, 2.05) is 6.08 Å². The van der Waals surface area contributed by atoms with Gasteiger partial charge in [-0.05, 0) is 64.9 Å². The van der Waals surface area contributed by atoms with Crippen LogP contribution in [0.3, 0.4) is 0 Å². The molecule has 2 amide bonds. The molecule has 4 unspecified atom stereocenters. The molecule has 0 aromatic heterocycles. The first-order chi connectivity index (χ1) is 19.6. The molecule has 206 valence electrons. The highest BCUT2D eigenvalue weighted by Crippen LogP contribution is 2.56. The highest BCUT2D eigenvalue weighted by Gasteiger charge is 2.57. The van der Waals surface area contributed by atoms with E-state index in [9.17, 15) is 34.2 Å². The van der Waals surface area contributed by atoms with Gasteiger partial charge in [-0.1, -0.05) is 42.0 Å². The number of carbonyl (C=O) groups excluding carboxylic acids is 4. The van der Waals surface area contributed by atoms with E-state index in [-0.39, 0.29) is 57.0 Å². The predicted octanol–water partition coefficient (Wildman–Crippen LogP) is 4.79. The van der Waals surface area contributed by atoms with Crippen LogP contribution >= 0.6 is 15.9 Å². The van der Waals surface area contributed by atoms with Gasteiger partial charge in [0.25, 0.3) is 0 Å². The van der Waals surface area contributed by atoms with Gasteiger partial charge in [-0.3, -0.25) is 24.1 Å². The van der Waals surface area contributed by atoms with Crippen molar-refractivity contribution < 1.29 is 34.2 Å². The number of amides is 2. The second-order valence-corrected chi connectivity index (χ2v) is 11.5. The van der Waals surface area contributed by atoms with Gasteiger partial charge in [0, 0.05) is 28.7 Å². The van der Waals surface area contributed by atoms with Crippen LogP contribution in [0.15, 0.2) is 88.5 Å². The lowest BCUT2D eigenvalue weighted by Crippen LogP contribution is -2.39. The molecule has 2 aromatic rings. The number of aromatic carboxylic acids is 1. The van der Waals surface area contributed by atoms with E-state index >= 15 is 0 Å². The number of phenols is 1. The van der Waals surface area contributed by atoms with Crippen molar-refractivity contribution in [3.05, 3.63) is 105 Å². The van der Waals surface area contributed by atoms with Crippen molar-refractivity contribution in [2.45, 2.75) is 25.2 Å². The van der Waals surface area contributed by atoms with Crippen LogP contribution in [0.4, 0.5) is 5.69 Å². The van der Waals surface area contributed by atoms with Gasteiger partial charge in [0.1, 0.15) is 5.75 Å². The van der Waals surface area contributed by atoms with Gasteiger partial charge in [-0.2, -0.15) is 0 Å². The second-order valence-electron chi connectivity index (χ2n) is 10.6. The molecule has 6 rings (SSSR count). The summed E-state index contributed by atoms with van der Waals surface area (Å²) in [6.45, 7) is 3.75. The fourth-order valence-corrected chi connectivity index (χ4v) is 7.21. The van der Waals surface area contributed by atoms with E-state index in [1.165, 1.54) is 30.3 Å². The fraction of sp³-hybridized carbons (Fsp3) is 0.219. The third kappa shape index (κ3) is 4.06. The summed E-state index contributed by atoms with van der Waals surface area (Å²) in [6, 6.07) is 10.9. The van der Waals surface area contributed by atoms with Crippen molar-refractivity contribution in [1.82, 2.24) is 0 Å². The summed E-state index contributed by atoms with van der Waals surface area (Å²) in [5.41, 5.74) is 2.42. The van der Waals surface area contributed by atoms with E-state index < -0.39 is 41.5 Å². The van der Waals surface area contributed by atoms with Crippen molar-refractivity contribution in [2.75, 3.05) is 4.90 Å². The van der Waals surface area contributed by atoms with Gasteiger partial charge >= 0.3 is 5.97 Å². The number of hydrogen-bond donors (Lipinski definition) is 2. The molecular formula is C32H24BrNO7. The SMILES string of the molecule is C=CCc1cccc(C2C3=CCC4C(=O)N(c5cccc(C(=O)O)c5)C(=O)C4C3CC3=C2C(=O)C=C(Br)C3=O)c1O. The minimum atomic E-state index is -1.18. The van der Waals surface area contributed by atoms with Gasteiger partial charge in [-0.25, -0.2) is 4.79 Å². The topological polar surface area (TPSA) is 129 Å². The largest absolute Gasteiger partial charge is 0.507 e. The highest BCUT2D eigenvalue weighted by molar-refractivity contribution is 9.12. The van der Waals surface area contributed by atoms with E-state index in [2.05, 4.69) is 22.5 Å². The van der Waals surface area contributed by atoms with E-state index in [4.69, 9.17) is 0 Å². The second kappa shape index (κ2) is 9.92. The van der Waals surface area contributed by atoms with Crippen molar-refractivity contribution in [1.29, 1.82) is 0 Å². The normalized spacial score (nSPS) is 25.3. The number of carbonyl (C=O) groups is 5. The number of carboxylic acid groups (broad SMARTS) is 1. The number of fused-ring (bicyclic) bond motifs is 3. The summed E-state index contributed by atoms with van der Waals surface area (Å²) in [5.74, 6) is -5.72. The number of benzene rings is 2. The van der Waals surface area contributed by atoms with Gasteiger partial charge in [0.2, 0.25) is 11.8 Å². The number of aromatic hydroxyl groups is 1. The van der Waals surface area contributed by atoms with Crippen LogP contribution in [0.5, 0.6) is 5.75 Å². The van der Waals surface area contributed by atoms with Crippen LogP contribution in [-0.2, 0) is 25.6 Å². The number of nitrogens with zero attached hydrogens (tertiary/aromatic N) is 1. The lowest BCUT2D eigenvalue weighted by molar-refractivity contribution is -0.123. The summed E-state index contributed by atoms with van der Waals surface area (Å²) in [5, 5.41) is 20.7. The Hall–Kier alpha value is -4.37. The molecule has 1 fully saturated rings. The first kappa shape index (κ1) is 26.8. The fourth-order valence-electron chi connectivity index (χ4n) is 6.76. The molecule has 0 radical (unpaired) electrons. The monoisotopic (exact) mass is 613 g/mol. The number of hydrogen-bond acceptors (Lipinski definition) is 6. The number of imide groups is 1. The molecule has 41 heavy (non-hydrogen) atoms. The zero-order chi connectivity index (χ0) is 29.2. The molecule has 3 aliphatic carbocycles. The molecule has 2 aromatic carbocycles. The Labute approximate surface area is 243 Å². The molecule has 4 aliphatic rings. The molecular weight excluding hydrogens is 590 g/mol. The van der Waals surface area contributed by atoms with E-state index in [0.29, 0.717) is 23.1 Å². The summed E-state index contributed by atoms with van der Waals surface area (Å²) in [6.07, 6.45) is 5.47. The Morgan fingerprint density at radius 3 is 2.56 bits per heavy atom.